The standard InChI is InChI=1S/C14H21NO4/c1-3-7-15-14(17)10-19-12-6-5-11(9-16)8-13(12)18-4-2/h5-6,8,16H,3-4,7,9-10H2,1-2H3,(H,15,17). The van der Waals surface area contributed by atoms with E-state index in [9.17, 15) is 4.79 Å². The van der Waals surface area contributed by atoms with Gasteiger partial charge in [0.2, 0.25) is 0 Å². The van der Waals surface area contributed by atoms with E-state index in [0.29, 0.717) is 24.7 Å². The van der Waals surface area contributed by atoms with Gasteiger partial charge in [-0.05, 0) is 31.0 Å². The van der Waals surface area contributed by atoms with Crippen molar-refractivity contribution >= 4 is 5.91 Å². The van der Waals surface area contributed by atoms with Crippen molar-refractivity contribution in [3.05, 3.63) is 23.8 Å². The predicted octanol–water partition coefficient (Wildman–Crippen LogP) is 1.48. The molecule has 5 nitrogen and oxygen atoms in total. The van der Waals surface area contributed by atoms with E-state index in [4.69, 9.17) is 14.6 Å². The molecule has 1 rings (SSSR count). The van der Waals surface area contributed by atoms with Gasteiger partial charge in [0.05, 0.1) is 13.2 Å². The first-order valence-electron chi connectivity index (χ1n) is 6.47. The van der Waals surface area contributed by atoms with E-state index in [2.05, 4.69) is 5.32 Å². The number of aliphatic hydroxyl groups excluding tert-OH is 1. The number of ether oxygens (including phenoxy) is 2. The summed E-state index contributed by atoms with van der Waals surface area (Å²) in [5, 5.41) is 11.8. The first-order valence-corrected chi connectivity index (χ1v) is 6.47. The minimum Gasteiger partial charge on any atom is -0.490 e. The zero-order valence-electron chi connectivity index (χ0n) is 11.4. The van der Waals surface area contributed by atoms with Crippen LogP contribution in [0.2, 0.25) is 0 Å². The van der Waals surface area contributed by atoms with Crippen LogP contribution in [0.15, 0.2) is 18.2 Å². The second-order valence-corrected chi connectivity index (χ2v) is 4.01. The lowest BCUT2D eigenvalue weighted by molar-refractivity contribution is -0.123. The second-order valence-electron chi connectivity index (χ2n) is 4.01. The van der Waals surface area contributed by atoms with Gasteiger partial charge in [-0.3, -0.25) is 4.79 Å². The maximum Gasteiger partial charge on any atom is 0.257 e. The van der Waals surface area contributed by atoms with Gasteiger partial charge in [-0.1, -0.05) is 13.0 Å². The van der Waals surface area contributed by atoms with Crippen molar-refractivity contribution in [2.24, 2.45) is 0 Å². The average molecular weight is 267 g/mol. The van der Waals surface area contributed by atoms with Crippen LogP contribution >= 0.6 is 0 Å². The topological polar surface area (TPSA) is 67.8 Å². The Labute approximate surface area is 113 Å². The minimum atomic E-state index is -0.157. The molecule has 106 valence electrons. The SMILES string of the molecule is CCCNC(=O)COc1ccc(CO)cc1OCC. The summed E-state index contributed by atoms with van der Waals surface area (Å²) in [6.07, 6.45) is 0.890. The fraction of sp³-hybridized carbons (Fsp3) is 0.500. The van der Waals surface area contributed by atoms with Crippen LogP contribution in [0.5, 0.6) is 11.5 Å². The molecule has 0 heterocycles. The third kappa shape index (κ3) is 5.18. The van der Waals surface area contributed by atoms with Crippen LogP contribution in [-0.2, 0) is 11.4 Å². The summed E-state index contributed by atoms with van der Waals surface area (Å²) < 4.78 is 10.9. The number of hydrogen-bond acceptors (Lipinski definition) is 4. The Balaban J connectivity index is 2.63. The van der Waals surface area contributed by atoms with E-state index in [0.717, 1.165) is 12.0 Å². The Morgan fingerprint density at radius 3 is 2.68 bits per heavy atom. The molecule has 0 aliphatic carbocycles. The molecule has 1 aromatic rings. The zero-order chi connectivity index (χ0) is 14.1. The second kappa shape index (κ2) is 8.37. The first-order chi connectivity index (χ1) is 9.21. The van der Waals surface area contributed by atoms with Crippen LogP contribution in [0.3, 0.4) is 0 Å². The normalized spacial score (nSPS) is 10.1. The van der Waals surface area contributed by atoms with Gasteiger partial charge < -0.3 is 19.9 Å². The van der Waals surface area contributed by atoms with Crippen LogP contribution in [0.4, 0.5) is 0 Å². The van der Waals surface area contributed by atoms with Crippen LogP contribution in [0.1, 0.15) is 25.8 Å². The van der Waals surface area contributed by atoms with Crippen LogP contribution in [0.25, 0.3) is 0 Å². The number of benzene rings is 1. The molecule has 0 bridgehead atoms. The van der Waals surface area contributed by atoms with Crippen molar-refractivity contribution in [1.29, 1.82) is 0 Å². The zero-order valence-corrected chi connectivity index (χ0v) is 11.4. The van der Waals surface area contributed by atoms with E-state index in [1.165, 1.54) is 0 Å². The molecule has 0 atom stereocenters. The quantitative estimate of drug-likeness (QED) is 0.748. The molecular weight excluding hydrogens is 246 g/mol. The van der Waals surface area contributed by atoms with Crippen molar-refractivity contribution in [3.8, 4) is 11.5 Å². The highest BCUT2D eigenvalue weighted by molar-refractivity contribution is 5.77. The number of aliphatic hydroxyl groups is 1. The lowest BCUT2D eigenvalue weighted by atomic mass is 10.2. The summed E-state index contributed by atoms with van der Waals surface area (Å²) in [6, 6.07) is 5.15. The van der Waals surface area contributed by atoms with Gasteiger partial charge in [0, 0.05) is 6.54 Å². The Bertz CT molecular complexity index is 406. The van der Waals surface area contributed by atoms with E-state index < -0.39 is 0 Å². The van der Waals surface area contributed by atoms with E-state index in [1.807, 2.05) is 13.8 Å². The average Bonchev–Trinajstić information content (AvgIpc) is 2.43. The van der Waals surface area contributed by atoms with Crippen molar-refractivity contribution in [3.63, 3.8) is 0 Å². The van der Waals surface area contributed by atoms with Gasteiger partial charge in [0.1, 0.15) is 0 Å². The number of nitrogens with one attached hydrogen (secondary N) is 1. The number of carbonyl (C=O) groups is 1. The Hall–Kier alpha value is -1.75. The van der Waals surface area contributed by atoms with Crippen molar-refractivity contribution in [2.45, 2.75) is 26.9 Å². The molecule has 0 aliphatic heterocycles. The highest BCUT2D eigenvalue weighted by Crippen LogP contribution is 2.28. The lowest BCUT2D eigenvalue weighted by Crippen LogP contribution is -2.29. The van der Waals surface area contributed by atoms with Gasteiger partial charge in [-0.25, -0.2) is 0 Å². The molecule has 0 aliphatic rings. The summed E-state index contributed by atoms with van der Waals surface area (Å²) in [4.78, 5) is 11.5. The largest absolute Gasteiger partial charge is 0.490 e. The molecule has 2 N–H and O–H groups in total. The van der Waals surface area contributed by atoms with Crippen molar-refractivity contribution in [1.82, 2.24) is 5.32 Å². The summed E-state index contributed by atoms with van der Waals surface area (Å²) >= 11 is 0. The third-order valence-electron chi connectivity index (χ3n) is 2.42. The molecule has 0 aromatic heterocycles. The fourth-order valence-corrected chi connectivity index (χ4v) is 1.50. The number of hydrogen-bond donors (Lipinski definition) is 2. The van der Waals surface area contributed by atoms with Crippen LogP contribution < -0.4 is 14.8 Å². The molecule has 0 saturated heterocycles. The molecule has 1 amide bonds. The van der Waals surface area contributed by atoms with Crippen LogP contribution in [-0.4, -0.2) is 30.8 Å². The van der Waals surface area contributed by atoms with Gasteiger partial charge >= 0.3 is 0 Å². The summed E-state index contributed by atoms with van der Waals surface area (Å²) in [7, 11) is 0. The highest BCUT2D eigenvalue weighted by Gasteiger charge is 2.08. The molecule has 0 unspecified atom stereocenters. The Kier molecular flexibility index (Phi) is 6.74. The van der Waals surface area contributed by atoms with Crippen molar-refractivity contribution in [2.75, 3.05) is 19.8 Å². The van der Waals surface area contributed by atoms with Gasteiger partial charge in [-0.15, -0.1) is 0 Å². The summed E-state index contributed by atoms with van der Waals surface area (Å²) in [5.74, 6) is 0.888. The molecule has 0 radical (unpaired) electrons. The molecule has 19 heavy (non-hydrogen) atoms. The monoisotopic (exact) mass is 267 g/mol. The third-order valence-corrected chi connectivity index (χ3v) is 2.42. The number of carbonyl (C=O) groups excluding carboxylic acids is 1. The molecule has 0 fully saturated rings. The van der Waals surface area contributed by atoms with Gasteiger partial charge in [0.15, 0.2) is 18.1 Å². The molecule has 1 aromatic carbocycles. The van der Waals surface area contributed by atoms with Crippen LogP contribution in [0, 0.1) is 0 Å². The fourth-order valence-electron chi connectivity index (χ4n) is 1.50. The lowest BCUT2D eigenvalue weighted by Gasteiger charge is -2.12. The smallest absolute Gasteiger partial charge is 0.257 e. The molecule has 0 saturated carbocycles. The summed E-state index contributed by atoms with van der Waals surface area (Å²) in [6.45, 7) is 4.89. The predicted molar refractivity (Wildman–Crippen MR) is 72.3 cm³/mol. The highest BCUT2D eigenvalue weighted by atomic mass is 16.5. The number of rotatable bonds is 8. The first kappa shape index (κ1) is 15.3. The van der Waals surface area contributed by atoms with E-state index in [1.54, 1.807) is 18.2 Å². The van der Waals surface area contributed by atoms with Crippen molar-refractivity contribution < 1.29 is 19.4 Å². The van der Waals surface area contributed by atoms with Gasteiger partial charge in [0.25, 0.3) is 5.91 Å². The molecular formula is C14H21NO4. The maximum absolute atomic E-state index is 11.5. The minimum absolute atomic E-state index is 0.0431. The molecule has 5 heteroatoms. The summed E-state index contributed by atoms with van der Waals surface area (Å²) in [5.41, 5.74) is 0.742. The van der Waals surface area contributed by atoms with E-state index in [-0.39, 0.29) is 19.1 Å². The van der Waals surface area contributed by atoms with Gasteiger partial charge in [-0.2, -0.15) is 0 Å². The van der Waals surface area contributed by atoms with E-state index >= 15 is 0 Å². The maximum atomic E-state index is 11.5. The Morgan fingerprint density at radius 2 is 2.05 bits per heavy atom. The molecule has 0 spiro atoms. The Morgan fingerprint density at radius 1 is 1.26 bits per heavy atom. The number of amides is 1.